The zero-order chi connectivity index (χ0) is 16.8. The smallest absolute Gasteiger partial charge is 0.280 e. The number of rotatable bonds is 6. The molecule has 0 bridgehead atoms. The minimum atomic E-state index is -0.313. The minimum absolute atomic E-state index is 0.246. The molecule has 0 unspecified atom stereocenters. The van der Waals surface area contributed by atoms with Crippen molar-refractivity contribution in [2.45, 2.75) is 6.54 Å². The summed E-state index contributed by atoms with van der Waals surface area (Å²) in [5.74, 6) is -0.560. The summed E-state index contributed by atoms with van der Waals surface area (Å²) in [7, 11) is 1.68. The number of carbonyl (C=O) groups excluding carboxylic acids is 2. The predicted molar refractivity (Wildman–Crippen MR) is 91.9 cm³/mol. The van der Waals surface area contributed by atoms with Crippen LogP contribution in [0.1, 0.15) is 25.9 Å². The van der Waals surface area contributed by atoms with Crippen LogP contribution >= 0.6 is 22.9 Å². The molecule has 0 saturated heterocycles. The van der Waals surface area contributed by atoms with E-state index in [4.69, 9.17) is 11.6 Å². The highest BCUT2D eigenvalue weighted by Crippen LogP contribution is 2.15. The molecule has 1 aromatic heterocycles. The average molecular weight is 350 g/mol. The van der Waals surface area contributed by atoms with Crippen LogP contribution in [-0.2, 0) is 6.54 Å². The fourth-order valence-corrected chi connectivity index (χ4v) is 2.81. The van der Waals surface area contributed by atoms with Crippen molar-refractivity contribution >= 4 is 34.8 Å². The van der Waals surface area contributed by atoms with Crippen LogP contribution in [-0.4, -0.2) is 35.3 Å². The summed E-state index contributed by atoms with van der Waals surface area (Å²) in [6.45, 7) is 4.30. The number of nitrogens with one attached hydrogen (secondary N) is 1. The van der Waals surface area contributed by atoms with Gasteiger partial charge in [-0.1, -0.05) is 29.8 Å². The summed E-state index contributed by atoms with van der Waals surface area (Å²) in [5, 5.41) is 5.09. The standard InChI is InChI=1S/C16H16ClN3O2S/c1-3-7-18-14(21)15-19-13(10-23-15)16(22)20(2)9-11-5-4-6-12(17)8-11/h3-6,8,10H,1,7,9H2,2H3,(H,18,21). The second kappa shape index (κ2) is 7.89. The lowest BCUT2D eigenvalue weighted by atomic mass is 10.2. The number of halogens is 1. The Balaban J connectivity index is 2.03. The number of amides is 2. The Morgan fingerprint density at radius 3 is 2.96 bits per heavy atom. The summed E-state index contributed by atoms with van der Waals surface area (Å²) < 4.78 is 0. The maximum atomic E-state index is 12.4. The third-order valence-corrected chi connectivity index (χ3v) is 4.06. The Hall–Kier alpha value is -2.18. The van der Waals surface area contributed by atoms with Gasteiger partial charge in [0.15, 0.2) is 5.01 Å². The van der Waals surface area contributed by atoms with Gasteiger partial charge in [-0.25, -0.2) is 4.98 Å². The SMILES string of the molecule is C=CCNC(=O)c1nc(C(=O)N(C)Cc2cccc(Cl)c2)cs1. The molecule has 0 saturated carbocycles. The van der Waals surface area contributed by atoms with E-state index in [9.17, 15) is 9.59 Å². The van der Waals surface area contributed by atoms with Gasteiger partial charge in [0.25, 0.3) is 11.8 Å². The van der Waals surface area contributed by atoms with Crippen molar-refractivity contribution in [3.05, 3.63) is 63.6 Å². The number of aromatic nitrogens is 1. The molecule has 1 heterocycles. The third-order valence-electron chi connectivity index (χ3n) is 2.98. The Bertz CT molecular complexity index is 730. The summed E-state index contributed by atoms with van der Waals surface area (Å²) >= 11 is 7.08. The first kappa shape index (κ1) is 17.2. The van der Waals surface area contributed by atoms with Crippen molar-refractivity contribution in [2.75, 3.05) is 13.6 Å². The number of thiazole rings is 1. The Morgan fingerprint density at radius 2 is 2.26 bits per heavy atom. The molecule has 120 valence electrons. The molecule has 0 aliphatic heterocycles. The van der Waals surface area contributed by atoms with Crippen molar-refractivity contribution in [3.8, 4) is 0 Å². The normalized spacial score (nSPS) is 10.2. The monoisotopic (exact) mass is 349 g/mol. The van der Waals surface area contributed by atoms with Crippen molar-refractivity contribution in [1.29, 1.82) is 0 Å². The summed E-state index contributed by atoms with van der Waals surface area (Å²) in [5.41, 5.74) is 1.18. The van der Waals surface area contributed by atoms with Crippen LogP contribution in [0.15, 0.2) is 42.3 Å². The first-order valence-corrected chi connectivity index (χ1v) is 8.11. The van der Waals surface area contributed by atoms with Crippen LogP contribution in [0.3, 0.4) is 0 Å². The van der Waals surface area contributed by atoms with Crippen molar-refractivity contribution in [2.24, 2.45) is 0 Å². The summed E-state index contributed by atoms with van der Waals surface area (Å²) in [6.07, 6.45) is 1.58. The predicted octanol–water partition coefficient (Wildman–Crippen LogP) is 2.98. The van der Waals surface area contributed by atoms with Gasteiger partial charge in [-0.2, -0.15) is 0 Å². The molecule has 2 amide bonds. The summed E-state index contributed by atoms with van der Waals surface area (Å²) in [4.78, 5) is 29.8. The van der Waals surface area contributed by atoms with E-state index in [0.29, 0.717) is 18.1 Å². The molecular weight excluding hydrogens is 334 g/mol. The lowest BCUT2D eigenvalue weighted by Crippen LogP contribution is -2.27. The van der Waals surface area contributed by atoms with Crippen molar-refractivity contribution in [3.63, 3.8) is 0 Å². The first-order chi connectivity index (χ1) is 11.0. The van der Waals surface area contributed by atoms with E-state index in [2.05, 4.69) is 16.9 Å². The van der Waals surface area contributed by atoms with Crippen molar-refractivity contribution < 1.29 is 9.59 Å². The zero-order valence-electron chi connectivity index (χ0n) is 12.6. The van der Waals surface area contributed by atoms with Crippen LogP contribution in [0.25, 0.3) is 0 Å². The van der Waals surface area contributed by atoms with Gasteiger partial charge in [0.05, 0.1) is 0 Å². The van der Waals surface area contributed by atoms with Crippen molar-refractivity contribution in [1.82, 2.24) is 15.2 Å². The van der Waals surface area contributed by atoms with Gasteiger partial charge in [0.1, 0.15) is 5.69 Å². The molecule has 1 aromatic carbocycles. The van der Waals surface area contributed by atoms with Gasteiger partial charge in [-0.15, -0.1) is 17.9 Å². The van der Waals surface area contributed by atoms with Gasteiger partial charge in [-0.3, -0.25) is 9.59 Å². The van der Waals surface area contributed by atoms with E-state index in [0.717, 1.165) is 16.9 Å². The molecule has 2 rings (SSSR count). The topological polar surface area (TPSA) is 62.3 Å². The van der Waals surface area contributed by atoms with Crippen LogP contribution in [0.2, 0.25) is 5.02 Å². The first-order valence-electron chi connectivity index (χ1n) is 6.85. The third kappa shape index (κ3) is 4.64. The molecule has 0 fully saturated rings. The second-order valence-electron chi connectivity index (χ2n) is 4.83. The number of benzene rings is 1. The van der Waals surface area contributed by atoms with E-state index in [1.165, 1.54) is 4.90 Å². The molecule has 5 nitrogen and oxygen atoms in total. The van der Waals surface area contributed by atoms with Gasteiger partial charge in [-0.05, 0) is 17.7 Å². The Labute approximate surface area is 143 Å². The quantitative estimate of drug-likeness (QED) is 0.815. The highest BCUT2D eigenvalue weighted by molar-refractivity contribution is 7.11. The van der Waals surface area contributed by atoms with E-state index >= 15 is 0 Å². The molecule has 0 atom stereocenters. The van der Waals surface area contributed by atoms with Crippen LogP contribution < -0.4 is 5.32 Å². The number of carbonyl (C=O) groups is 2. The van der Waals surface area contributed by atoms with E-state index in [1.807, 2.05) is 12.1 Å². The van der Waals surface area contributed by atoms with Gasteiger partial charge < -0.3 is 10.2 Å². The second-order valence-corrected chi connectivity index (χ2v) is 6.12. The summed E-state index contributed by atoms with van der Waals surface area (Å²) in [6, 6.07) is 7.31. The largest absolute Gasteiger partial charge is 0.347 e. The van der Waals surface area contributed by atoms with Crippen LogP contribution in [0.4, 0.5) is 0 Å². The Morgan fingerprint density at radius 1 is 1.48 bits per heavy atom. The van der Waals surface area contributed by atoms with Gasteiger partial charge in [0, 0.05) is 30.5 Å². The minimum Gasteiger partial charge on any atom is -0.347 e. The highest BCUT2D eigenvalue weighted by Gasteiger charge is 2.18. The molecule has 0 spiro atoms. The van der Waals surface area contributed by atoms with Crippen LogP contribution in [0.5, 0.6) is 0 Å². The fraction of sp³-hybridized carbons (Fsp3) is 0.188. The zero-order valence-corrected chi connectivity index (χ0v) is 14.2. The highest BCUT2D eigenvalue weighted by atomic mass is 35.5. The molecule has 23 heavy (non-hydrogen) atoms. The Kier molecular flexibility index (Phi) is 5.90. The fourth-order valence-electron chi connectivity index (χ4n) is 1.89. The number of nitrogens with zero attached hydrogens (tertiary/aromatic N) is 2. The average Bonchev–Trinajstić information content (AvgIpc) is 3.01. The van der Waals surface area contributed by atoms with Gasteiger partial charge >= 0.3 is 0 Å². The lowest BCUT2D eigenvalue weighted by molar-refractivity contribution is 0.0780. The molecule has 7 heteroatoms. The molecule has 2 aromatic rings. The maximum absolute atomic E-state index is 12.4. The molecule has 0 aliphatic rings. The molecule has 0 radical (unpaired) electrons. The number of hydrogen-bond acceptors (Lipinski definition) is 4. The van der Waals surface area contributed by atoms with Crippen LogP contribution in [0, 0.1) is 0 Å². The van der Waals surface area contributed by atoms with E-state index < -0.39 is 0 Å². The molecule has 1 N–H and O–H groups in total. The van der Waals surface area contributed by atoms with E-state index in [1.54, 1.807) is 30.6 Å². The molecular formula is C16H16ClN3O2S. The number of hydrogen-bond donors (Lipinski definition) is 1. The lowest BCUT2D eigenvalue weighted by Gasteiger charge is -2.16. The maximum Gasteiger partial charge on any atom is 0.280 e. The van der Waals surface area contributed by atoms with E-state index in [-0.39, 0.29) is 22.5 Å². The van der Waals surface area contributed by atoms with Gasteiger partial charge in [0.2, 0.25) is 0 Å². The molecule has 0 aliphatic carbocycles.